The van der Waals surface area contributed by atoms with E-state index in [1.807, 2.05) is 0 Å². The normalized spacial score (nSPS) is 20.1. The first-order valence-corrected chi connectivity index (χ1v) is 5.95. The number of ether oxygens (including phenoxy) is 1. The highest BCUT2D eigenvalue weighted by atomic mass is 19.4. The summed E-state index contributed by atoms with van der Waals surface area (Å²) in [6.45, 7) is 1.83. The van der Waals surface area contributed by atoms with E-state index in [4.69, 9.17) is 4.74 Å². The van der Waals surface area contributed by atoms with Gasteiger partial charge in [-0.05, 0) is 49.5 Å². The van der Waals surface area contributed by atoms with Crippen LogP contribution in [0, 0.1) is 5.92 Å². The van der Waals surface area contributed by atoms with E-state index in [0.717, 1.165) is 25.1 Å². The molecule has 1 N–H and O–H groups in total. The molecule has 18 heavy (non-hydrogen) atoms. The molecular formula is C13H16F3NO. The quantitative estimate of drug-likeness (QED) is 0.901. The van der Waals surface area contributed by atoms with Gasteiger partial charge in [-0.3, -0.25) is 0 Å². The topological polar surface area (TPSA) is 21.3 Å². The molecular weight excluding hydrogens is 243 g/mol. The van der Waals surface area contributed by atoms with Crippen molar-refractivity contribution in [2.24, 2.45) is 5.92 Å². The van der Waals surface area contributed by atoms with Crippen LogP contribution in [0.25, 0.3) is 0 Å². The third-order valence-electron chi connectivity index (χ3n) is 3.26. The van der Waals surface area contributed by atoms with Crippen molar-refractivity contribution in [3.05, 3.63) is 29.3 Å². The molecule has 1 aliphatic rings. The van der Waals surface area contributed by atoms with E-state index in [1.54, 1.807) is 6.07 Å². The maximum Gasteiger partial charge on any atom is 0.419 e. The Balaban J connectivity index is 2.22. The second-order valence-electron chi connectivity index (χ2n) is 4.60. The molecule has 0 amide bonds. The molecule has 1 aromatic rings. The molecule has 0 spiro atoms. The minimum absolute atomic E-state index is 0.115. The highest BCUT2D eigenvalue weighted by Crippen LogP contribution is 2.37. The number of benzene rings is 1. The van der Waals surface area contributed by atoms with Gasteiger partial charge in [-0.2, -0.15) is 13.2 Å². The van der Waals surface area contributed by atoms with E-state index in [0.29, 0.717) is 12.3 Å². The lowest BCUT2D eigenvalue weighted by atomic mass is 9.97. The molecule has 0 bridgehead atoms. The van der Waals surface area contributed by atoms with Crippen molar-refractivity contribution in [2.75, 3.05) is 20.2 Å². The Labute approximate surface area is 104 Å². The van der Waals surface area contributed by atoms with Gasteiger partial charge in [0.05, 0.1) is 12.7 Å². The smallest absolute Gasteiger partial charge is 0.419 e. The van der Waals surface area contributed by atoms with E-state index in [1.165, 1.54) is 19.2 Å². The van der Waals surface area contributed by atoms with Crippen LogP contribution in [0.3, 0.4) is 0 Å². The molecule has 1 saturated heterocycles. The number of hydrogen-bond acceptors (Lipinski definition) is 2. The summed E-state index contributed by atoms with van der Waals surface area (Å²) in [5.74, 6) is 0.315. The van der Waals surface area contributed by atoms with E-state index < -0.39 is 11.7 Å². The molecule has 100 valence electrons. The van der Waals surface area contributed by atoms with Crippen LogP contribution in [-0.2, 0) is 12.6 Å². The molecule has 1 aliphatic heterocycles. The fourth-order valence-electron chi connectivity index (χ4n) is 2.33. The summed E-state index contributed by atoms with van der Waals surface area (Å²) in [5, 5.41) is 3.21. The summed E-state index contributed by atoms with van der Waals surface area (Å²) in [4.78, 5) is 0. The average molecular weight is 259 g/mol. The van der Waals surface area contributed by atoms with Crippen molar-refractivity contribution in [3.63, 3.8) is 0 Å². The Bertz CT molecular complexity index is 411. The monoisotopic (exact) mass is 259 g/mol. The molecule has 1 atom stereocenters. The molecule has 1 unspecified atom stereocenters. The molecule has 0 aliphatic carbocycles. The second kappa shape index (κ2) is 5.18. The van der Waals surface area contributed by atoms with Gasteiger partial charge in [0.25, 0.3) is 0 Å². The fourth-order valence-corrected chi connectivity index (χ4v) is 2.33. The van der Waals surface area contributed by atoms with Crippen LogP contribution in [0.4, 0.5) is 13.2 Å². The lowest BCUT2D eigenvalue weighted by Gasteiger charge is -2.15. The van der Waals surface area contributed by atoms with Crippen molar-refractivity contribution in [1.29, 1.82) is 0 Å². The molecule has 1 fully saturated rings. The molecule has 1 heterocycles. The molecule has 1 aromatic carbocycles. The molecule has 5 heteroatoms. The number of hydrogen-bond donors (Lipinski definition) is 1. The van der Waals surface area contributed by atoms with Gasteiger partial charge in [0.2, 0.25) is 0 Å². The van der Waals surface area contributed by atoms with Gasteiger partial charge in [0.1, 0.15) is 5.75 Å². The van der Waals surface area contributed by atoms with E-state index >= 15 is 0 Å². The number of halogens is 3. The Hall–Kier alpha value is -1.23. The first-order valence-electron chi connectivity index (χ1n) is 5.95. The molecule has 0 radical (unpaired) electrons. The maximum absolute atomic E-state index is 12.8. The molecule has 2 rings (SSSR count). The van der Waals surface area contributed by atoms with Crippen molar-refractivity contribution in [3.8, 4) is 5.75 Å². The van der Waals surface area contributed by atoms with E-state index in [2.05, 4.69) is 5.32 Å². The van der Waals surface area contributed by atoms with Crippen LogP contribution in [0.1, 0.15) is 17.5 Å². The Morgan fingerprint density at radius 1 is 1.39 bits per heavy atom. The van der Waals surface area contributed by atoms with E-state index in [-0.39, 0.29) is 5.75 Å². The van der Waals surface area contributed by atoms with Gasteiger partial charge in [-0.25, -0.2) is 0 Å². The molecule has 0 aromatic heterocycles. The van der Waals surface area contributed by atoms with Gasteiger partial charge in [-0.15, -0.1) is 0 Å². The van der Waals surface area contributed by atoms with Crippen molar-refractivity contribution < 1.29 is 17.9 Å². The summed E-state index contributed by atoms with van der Waals surface area (Å²) in [5.41, 5.74) is 0.0327. The standard InChI is InChI=1S/C13H16F3NO/c1-18-12-3-2-9(6-10-4-5-17-8-10)7-11(12)13(14,15)16/h2-3,7,10,17H,4-6,8H2,1H3. The van der Waals surface area contributed by atoms with Gasteiger partial charge in [0, 0.05) is 0 Å². The van der Waals surface area contributed by atoms with E-state index in [9.17, 15) is 13.2 Å². The van der Waals surface area contributed by atoms with Crippen LogP contribution in [0.15, 0.2) is 18.2 Å². The number of alkyl halides is 3. The molecule has 2 nitrogen and oxygen atoms in total. The summed E-state index contributed by atoms with van der Waals surface area (Å²) in [6, 6.07) is 4.32. The van der Waals surface area contributed by atoms with Crippen molar-refractivity contribution in [2.45, 2.75) is 19.0 Å². The highest BCUT2D eigenvalue weighted by Gasteiger charge is 2.34. The van der Waals surface area contributed by atoms with Gasteiger partial charge in [-0.1, -0.05) is 6.07 Å². The minimum Gasteiger partial charge on any atom is -0.496 e. The summed E-state index contributed by atoms with van der Waals surface area (Å²) in [6.07, 6.45) is -2.66. The lowest BCUT2D eigenvalue weighted by Crippen LogP contribution is -2.12. The SMILES string of the molecule is COc1ccc(CC2CCNC2)cc1C(F)(F)F. The fraction of sp³-hybridized carbons (Fsp3) is 0.538. The van der Waals surface area contributed by atoms with Crippen molar-refractivity contribution in [1.82, 2.24) is 5.32 Å². The van der Waals surface area contributed by atoms with Crippen LogP contribution in [-0.4, -0.2) is 20.2 Å². The van der Waals surface area contributed by atoms with Gasteiger partial charge >= 0.3 is 6.18 Å². The summed E-state index contributed by atoms with van der Waals surface area (Å²) in [7, 11) is 1.26. The average Bonchev–Trinajstić information content (AvgIpc) is 2.80. The van der Waals surface area contributed by atoms with Gasteiger partial charge < -0.3 is 10.1 Å². The van der Waals surface area contributed by atoms with Crippen LogP contribution in [0.5, 0.6) is 5.75 Å². The minimum atomic E-state index is -4.37. The zero-order chi connectivity index (χ0) is 13.2. The maximum atomic E-state index is 12.8. The Morgan fingerprint density at radius 2 is 2.17 bits per heavy atom. The lowest BCUT2D eigenvalue weighted by molar-refractivity contribution is -0.138. The molecule has 0 saturated carbocycles. The van der Waals surface area contributed by atoms with Gasteiger partial charge in [0.15, 0.2) is 0 Å². The third kappa shape index (κ3) is 2.96. The number of methoxy groups -OCH3 is 1. The first kappa shape index (κ1) is 13.2. The van der Waals surface area contributed by atoms with Crippen molar-refractivity contribution >= 4 is 0 Å². The second-order valence-corrected chi connectivity index (χ2v) is 4.60. The van der Waals surface area contributed by atoms with Crippen LogP contribution in [0.2, 0.25) is 0 Å². The zero-order valence-corrected chi connectivity index (χ0v) is 10.2. The van der Waals surface area contributed by atoms with Crippen LogP contribution >= 0.6 is 0 Å². The Morgan fingerprint density at radius 3 is 2.72 bits per heavy atom. The number of nitrogens with one attached hydrogen (secondary N) is 1. The Kier molecular flexibility index (Phi) is 3.80. The summed E-state index contributed by atoms with van der Waals surface area (Å²) >= 11 is 0. The van der Waals surface area contributed by atoms with Crippen LogP contribution < -0.4 is 10.1 Å². The highest BCUT2D eigenvalue weighted by molar-refractivity contribution is 5.39. The largest absolute Gasteiger partial charge is 0.496 e. The first-order chi connectivity index (χ1) is 8.50. The zero-order valence-electron chi connectivity index (χ0n) is 10.2. The predicted octanol–water partition coefficient (Wildman–Crippen LogP) is 2.87. The number of rotatable bonds is 3. The predicted molar refractivity (Wildman–Crippen MR) is 62.7 cm³/mol. The summed E-state index contributed by atoms with van der Waals surface area (Å²) < 4.78 is 43.3. The third-order valence-corrected chi connectivity index (χ3v) is 3.26.